The molecule has 36 heavy (non-hydrogen) atoms. The molecule has 1 heteroatoms. The molecule has 9 rings (SSSR count). The number of benzene rings is 4. The highest BCUT2D eigenvalue weighted by Crippen LogP contribution is 2.31. The molecule has 178 valence electrons. The normalized spacial score (nSPS) is 13.2. The van der Waals surface area contributed by atoms with Crippen LogP contribution in [-0.2, 0) is 32.1 Å². The minimum atomic E-state index is 0.656. The smallest absolute Gasteiger partial charge is 0.0708 e. The minimum Gasteiger partial charge on any atom is -0.256 e. The van der Waals surface area contributed by atoms with Crippen LogP contribution in [0, 0.1) is 5.92 Å². The van der Waals surface area contributed by atoms with Crippen molar-refractivity contribution < 1.29 is 0 Å². The van der Waals surface area contributed by atoms with E-state index >= 15 is 0 Å². The van der Waals surface area contributed by atoms with Crippen LogP contribution in [0.1, 0.15) is 41.7 Å². The Kier molecular flexibility index (Phi) is 6.15. The standard InChI is InChI=1S/C35H33N/c1-24(2)19-28-11-14-32-23-36-35(22-33(32)20-28)31-17-15-30(16-18-31)34-21-27-8-7-25-3-5-26(6-4-25)9-12-29(34)13-10-27/h3-6,10-11,13-18,20-24H,7-9,12,19H2,1-2H3. The van der Waals surface area contributed by atoms with E-state index in [0.29, 0.717) is 5.92 Å². The van der Waals surface area contributed by atoms with Crippen molar-refractivity contribution >= 4 is 10.8 Å². The number of pyridine rings is 1. The SMILES string of the molecule is CC(C)Cc1ccc2cnc(-c3ccc(-c4cc5ccc4CCc4ccc(cc4)CC5)cc3)cc2c1. The first-order valence-corrected chi connectivity index (χ1v) is 13.3. The van der Waals surface area contributed by atoms with Crippen LogP contribution >= 0.6 is 0 Å². The molecule has 0 saturated carbocycles. The van der Waals surface area contributed by atoms with Crippen LogP contribution in [-0.4, -0.2) is 4.98 Å². The highest BCUT2D eigenvalue weighted by molar-refractivity contribution is 5.86. The molecule has 0 saturated heterocycles. The molecule has 4 aromatic carbocycles. The van der Waals surface area contributed by atoms with Crippen LogP contribution in [0.2, 0.25) is 0 Å². The van der Waals surface area contributed by atoms with Crippen molar-refractivity contribution in [1.29, 1.82) is 0 Å². The number of aryl methyl sites for hydroxylation is 4. The Morgan fingerprint density at radius 1 is 0.611 bits per heavy atom. The van der Waals surface area contributed by atoms with E-state index in [0.717, 1.165) is 37.8 Å². The number of aromatic nitrogens is 1. The average molecular weight is 468 g/mol. The second-order valence-electron chi connectivity index (χ2n) is 10.7. The van der Waals surface area contributed by atoms with E-state index in [9.17, 15) is 0 Å². The van der Waals surface area contributed by atoms with E-state index in [-0.39, 0.29) is 0 Å². The molecule has 0 amide bonds. The molecule has 1 heterocycles. The van der Waals surface area contributed by atoms with Gasteiger partial charge in [0, 0.05) is 17.1 Å². The zero-order chi connectivity index (χ0) is 24.5. The van der Waals surface area contributed by atoms with Crippen molar-refractivity contribution in [2.45, 2.75) is 46.0 Å². The van der Waals surface area contributed by atoms with Gasteiger partial charge in [0.25, 0.3) is 0 Å². The summed E-state index contributed by atoms with van der Waals surface area (Å²) in [6.07, 6.45) is 7.41. The Morgan fingerprint density at radius 2 is 1.28 bits per heavy atom. The zero-order valence-corrected chi connectivity index (χ0v) is 21.3. The lowest BCUT2D eigenvalue weighted by molar-refractivity contribution is 0.648. The molecule has 4 aliphatic rings. The predicted octanol–water partition coefficient (Wildman–Crippen LogP) is 8.65. The summed E-state index contributed by atoms with van der Waals surface area (Å²) in [5.41, 5.74) is 12.0. The topological polar surface area (TPSA) is 12.9 Å². The molecule has 0 unspecified atom stereocenters. The third-order valence-corrected chi connectivity index (χ3v) is 7.50. The fraction of sp³-hybridized carbons (Fsp3) is 0.229. The van der Waals surface area contributed by atoms with E-state index in [1.54, 1.807) is 0 Å². The Hall–Kier alpha value is -3.71. The first-order chi connectivity index (χ1) is 17.6. The Balaban J connectivity index is 1.31. The van der Waals surface area contributed by atoms with E-state index in [1.165, 1.54) is 55.3 Å². The van der Waals surface area contributed by atoms with Gasteiger partial charge in [0.1, 0.15) is 0 Å². The molecule has 4 bridgehead atoms. The molecule has 5 aromatic rings. The molecule has 0 spiro atoms. The van der Waals surface area contributed by atoms with Crippen molar-refractivity contribution in [2.24, 2.45) is 5.92 Å². The van der Waals surface area contributed by atoms with E-state index < -0.39 is 0 Å². The van der Waals surface area contributed by atoms with Crippen LogP contribution in [0.3, 0.4) is 0 Å². The lowest BCUT2D eigenvalue weighted by Gasteiger charge is -2.15. The molecular weight excluding hydrogens is 434 g/mol. The lowest BCUT2D eigenvalue weighted by Crippen LogP contribution is -2.00. The molecule has 0 atom stereocenters. The number of hydrogen-bond donors (Lipinski definition) is 0. The largest absolute Gasteiger partial charge is 0.256 e. The summed E-state index contributed by atoms with van der Waals surface area (Å²) < 4.78 is 0. The van der Waals surface area contributed by atoms with Gasteiger partial charge in [-0.3, -0.25) is 4.98 Å². The maximum Gasteiger partial charge on any atom is 0.0708 e. The van der Waals surface area contributed by atoms with Crippen molar-refractivity contribution in [1.82, 2.24) is 4.98 Å². The molecule has 0 aliphatic heterocycles. The van der Waals surface area contributed by atoms with Gasteiger partial charge in [-0.05, 0) is 88.4 Å². The van der Waals surface area contributed by atoms with E-state index in [1.807, 2.05) is 6.20 Å². The van der Waals surface area contributed by atoms with E-state index in [4.69, 9.17) is 4.98 Å². The fourth-order valence-electron chi connectivity index (χ4n) is 5.47. The third kappa shape index (κ3) is 4.84. The van der Waals surface area contributed by atoms with Gasteiger partial charge in [-0.25, -0.2) is 0 Å². The number of nitrogens with zero attached hydrogens (tertiary/aromatic N) is 1. The Morgan fingerprint density at radius 3 is 2.03 bits per heavy atom. The monoisotopic (exact) mass is 467 g/mol. The van der Waals surface area contributed by atoms with Crippen LogP contribution < -0.4 is 0 Å². The van der Waals surface area contributed by atoms with Gasteiger partial charge in [0.05, 0.1) is 5.69 Å². The van der Waals surface area contributed by atoms with Gasteiger partial charge in [-0.2, -0.15) is 0 Å². The predicted molar refractivity (Wildman–Crippen MR) is 152 cm³/mol. The molecule has 1 nitrogen and oxygen atoms in total. The number of fused-ring (bicyclic) bond motifs is 1. The summed E-state index contributed by atoms with van der Waals surface area (Å²) in [7, 11) is 0. The summed E-state index contributed by atoms with van der Waals surface area (Å²) in [6.45, 7) is 4.55. The first-order valence-electron chi connectivity index (χ1n) is 13.3. The van der Waals surface area contributed by atoms with Crippen LogP contribution in [0.15, 0.2) is 97.2 Å². The fourth-order valence-corrected chi connectivity index (χ4v) is 5.47. The van der Waals surface area contributed by atoms with Gasteiger partial charge < -0.3 is 0 Å². The van der Waals surface area contributed by atoms with Gasteiger partial charge in [-0.15, -0.1) is 0 Å². The second kappa shape index (κ2) is 9.74. The Bertz CT molecular complexity index is 1510. The summed E-state index contributed by atoms with van der Waals surface area (Å²) in [6, 6.07) is 34.3. The maximum absolute atomic E-state index is 4.79. The zero-order valence-electron chi connectivity index (χ0n) is 21.3. The summed E-state index contributed by atoms with van der Waals surface area (Å²) in [5.74, 6) is 0.656. The minimum absolute atomic E-state index is 0.656. The maximum atomic E-state index is 4.79. The molecule has 0 fully saturated rings. The van der Waals surface area contributed by atoms with Crippen molar-refractivity contribution in [3.8, 4) is 22.4 Å². The van der Waals surface area contributed by atoms with Crippen LogP contribution in [0.4, 0.5) is 0 Å². The van der Waals surface area contributed by atoms with Gasteiger partial charge >= 0.3 is 0 Å². The molecule has 4 aliphatic carbocycles. The molecule has 1 aromatic heterocycles. The molecule has 0 radical (unpaired) electrons. The third-order valence-electron chi connectivity index (χ3n) is 7.50. The van der Waals surface area contributed by atoms with Crippen LogP contribution in [0.25, 0.3) is 33.2 Å². The first kappa shape index (κ1) is 22.7. The number of rotatable bonds is 4. The Labute approximate surface area is 214 Å². The van der Waals surface area contributed by atoms with E-state index in [2.05, 4.69) is 105 Å². The summed E-state index contributed by atoms with van der Waals surface area (Å²) >= 11 is 0. The lowest BCUT2D eigenvalue weighted by atomic mass is 9.90. The van der Waals surface area contributed by atoms with Crippen molar-refractivity contribution in [2.75, 3.05) is 0 Å². The molecular formula is C35H33N. The average Bonchev–Trinajstić information content (AvgIpc) is 2.89. The van der Waals surface area contributed by atoms with Crippen molar-refractivity contribution in [3.05, 3.63) is 125 Å². The van der Waals surface area contributed by atoms with Gasteiger partial charge in [-0.1, -0.05) is 98.8 Å². The van der Waals surface area contributed by atoms with Crippen molar-refractivity contribution in [3.63, 3.8) is 0 Å². The second-order valence-corrected chi connectivity index (χ2v) is 10.7. The quantitative estimate of drug-likeness (QED) is 0.258. The number of hydrogen-bond acceptors (Lipinski definition) is 1. The summed E-state index contributed by atoms with van der Waals surface area (Å²) in [5, 5.41) is 2.47. The van der Waals surface area contributed by atoms with Gasteiger partial charge in [0.15, 0.2) is 0 Å². The highest BCUT2D eigenvalue weighted by Gasteiger charge is 2.11. The molecule has 0 N–H and O–H groups in total. The summed E-state index contributed by atoms with van der Waals surface area (Å²) in [4.78, 5) is 4.79. The highest BCUT2D eigenvalue weighted by atomic mass is 14.7. The van der Waals surface area contributed by atoms with Gasteiger partial charge in [0.2, 0.25) is 0 Å². The van der Waals surface area contributed by atoms with Crippen LogP contribution in [0.5, 0.6) is 0 Å².